The maximum atomic E-state index is 13.3. The summed E-state index contributed by atoms with van der Waals surface area (Å²) >= 11 is 0. The van der Waals surface area contributed by atoms with E-state index >= 15 is 0 Å². The molecule has 1 aromatic heterocycles. The fourth-order valence-electron chi connectivity index (χ4n) is 5.23. The lowest BCUT2D eigenvalue weighted by Gasteiger charge is -2.36. The number of hydrogen-bond donors (Lipinski definition) is 4. The maximum absolute atomic E-state index is 13.3. The topological polar surface area (TPSA) is 136 Å². The van der Waals surface area contributed by atoms with Gasteiger partial charge in [-0.2, -0.15) is 0 Å². The van der Waals surface area contributed by atoms with Crippen LogP contribution < -0.4 is 16.4 Å². The number of ether oxygens (including phenoxy) is 2. The highest BCUT2D eigenvalue weighted by Gasteiger charge is 2.39. The Morgan fingerprint density at radius 1 is 1.00 bits per heavy atom. The van der Waals surface area contributed by atoms with E-state index < -0.39 is 6.29 Å². The first-order valence-corrected chi connectivity index (χ1v) is 14.1. The third kappa shape index (κ3) is 6.48. The molecule has 9 heteroatoms. The lowest BCUT2D eigenvalue weighted by Crippen LogP contribution is -2.38. The van der Waals surface area contributed by atoms with Crippen molar-refractivity contribution in [3.05, 3.63) is 108 Å². The molecule has 5 rings (SSSR count). The van der Waals surface area contributed by atoms with Gasteiger partial charge in [0.05, 0.1) is 17.6 Å². The molecule has 0 saturated heterocycles. The molecule has 1 aliphatic rings. The number of allylic oxidation sites excluding steroid dienone is 1. The first kappa shape index (κ1) is 28.9. The number of amides is 2. The summed E-state index contributed by atoms with van der Waals surface area (Å²) in [6.07, 6.45) is 4.11. The fraction of sp³-hybridized carbons (Fsp3) is 0.273. The Hall–Kier alpha value is -4.60. The number of nitrogens with one attached hydrogen (secondary N) is 2. The highest BCUT2D eigenvalue weighted by atomic mass is 16.7. The third-order valence-electron chi connectivity index (χ3n) is 7.38. The van der Waals surface area contributed by atoms with E-state index in [0.29, 0.717) is 36.4 Å². The van der Waals surface area contributed by atoms with Gasteiger partial charge in [-0.3, -0.25) is 9.59 Å². The van der Waals surface area contributed by atoms with E-state index in [2.05, 4.69) is 10.6 Å². The molecule has 0 radical (unpaired) electrons. The second-order valence-electron chi connectivity index (χ2n) is 10.1. The lowest BCUT2D eigenvalue weighted by atomic mass is 9.80. The van der Waals surface area contributed by atoms with E-state index in [4.69, 9.17) is 19.6 Å². The fourth-order valence-corrected chi connectivity index (χ4v) is 5.23. The number of carbonyl (C=O) groups is 2. The number of aliphatic hydroxyl groups excluding tert-OH is 1. The maximum Gasteiger partial charge on any atom is 0.286 e. The van der Waals surface area contributed by atoms with Crippen LogP contribution in [0.5, 0.6) is 0 Å². The monoisotopic (exact) mass is 569 g/mol. The number of anilines is 2. The number of rotatable bonds is 11. The minimum atomic E-state index is -0.664. The van der Waals surface area contributed by atoms with Crippen molar-refractivity contribution < 1.29 is 28.6 Å². The van der Waals surface area contributed by atoms with Gasteiger partial charge in [0, 0.05) is 48.1 Å². The summed E-state index contributed by atoms with van der Waals surface area (Å²) in [5, 5.41) is 16.2. The molecule has 0 unspecified atom stereocenters. The van der Waals surface area contributed by atoms with Crippen LogP contribution in [-0.4, -0.2) is 36.4 Å². The van der Waals surface area contributed by atoms with Crippen LogP contribution >= 0.6 is 0 Å². The van der Waals surface area contributed by atoms with Gasteiger partial charge in [-0.25, -0.2) is 0 Å². The lowest BCUT2D eigenvalue weighted by molar-refractivity contribution is -0.166. The molecule has 9 nitrogen and oxygen atoms in total. The summed E-state index contributed by atoms with van der Waals surface area (Å²) < 4.78 is 17.9. The highest BCUT2D eigenvalue weighted by molar-refractivity contribution is 6.05. The van der Waals surface area contributed by atoms with E-state index in [1.165, 1.54) is 0 Å². The van der Waals surface area contributed by atoms with Crippen LogP contribution in [0.15, 0.2) is 95.3 Å². The SMILES string of the molecule is CCO[C@@H]1OC(C(=O)NCc2ccc(C(=O)Nc3ccccc3N)cc2)=C[C@H](c2coc3ccccc23)[C@@H]1CCCO. The van der Waals surface area contributed by atoms with Crippen LogP contribution in [-0.2, 0) is 20.8 Å². The van der Waals surface area contributed by atoms with Crippen molar-refractivity contribution in [1.29, 1.82) is 0 Å². The minimum absolute atomic E-state index is 0.0476. The predicted octanol–water partition coefficient (Wildman–Crippen LogP) is 5.33. The number of furan rings is 1. The number of aliphatic hydroxyl groups is 1. The standard InChI is InChI=1S/C33H35N3O6/c1-2-40-33-24(9-7-17-37)25(26-20-41-29-12-6-3-8-23(26)29)18-30(42-33)32(39)35-19-21-13-15-22(16-14-21)31(38)36-28-11-5-4-10-27(28)34/h3-6,8,10-16,18,20,24-25,33,37H,2,7,9,17,19,34H2,1H3,(H,35,39)(H,36,38)/t24-,25-,33+/m0/s1. The summed E-state index contributed by atoms with van der Waals surface area (Å²) in [6, 6.07) is 21.8. The predicted molar refractivity (Wildman–Crippen MR) is 160 cm³/mol. The summed E-state index contributed by atoms with van der Waals surface area (Å²) in [6.45, 7) is 2.57. The molecule has 42 heavy (non-hydrogen) atoms. The number of para-hydroxylation sites is 3. The molecule has 0 saturated carbocycles. The van der Waals surface area contributed by atoms with Gasteiger partial charge in [-0.05, 0) is 61.7 Å². The van der Waals surface area contributed by atoms with E-state index in [0.717, 1.165) is 22.1 Å². The Balaban J connectivity index is 1.31. The summed E-state index contributed by atoms with van der Waals surface area (Å²) in [5.74, 6) is -0.832. The quantitative estimate of drug-likeness (QED) is 0.179. The molecule has 2 amide bonds. The van der Waals surface area contributed by atoms with Gasteiger partial charge >= 0.3 is 0 Å². The first-order valence-electron chi connectivity index (χ1n) is 14.1. The molecular formula is C33H35N3O6. The van der Waals surface area contributed by atoms with Crippen molar-refractivity contribution in [1.82, 2.24) is 5.32 Å². The largest absolute Gasteiger partial charge is 0.464 e. The third-order valence-corrected chi connectivity index (χ3v) is 7.38. The Morgan fingerprint density at radius 3 is 2.52 bits per heavy atom. The van der Waals surface area contributed by atoms with Crippen molar-refractivity contribution in [3.8, 4) is 0 Å². The van der Waals surface area contributed by atoms with Crippen LogP contribution in [0.2, 0.25) is 0 Å². The van der Waals surface area contributed by atoms with Gasteiger partial charge in [-0.1, -0.05) is 42.5 Å². The number of benzene rings is 3. The van der Waals surface area contributed by atoms with Gasteiger partial charge in [-0.15, -0.1) is 0 Å². The zero-order valence-corrected chi connectivity index (χ0v) is 23.4. The number of fused-ring (bicyclic) bond motifs is 1. The van der Waals surface area contributed by atoms with E-state index in [9.17, 15) is 14.7 Å². The molecule has 0 bridgehead atoms. The van der Waals surface area contributed by atoms with E-state index in [-0.39, 0.29) is 42.6 Å². The molecule has 1 aliphatic heterocycles. The molecule has 3 aromatic carbocycles. The number of nitrogens with two attached hydrogens (primary N) is 1. The van der Waals surface area contributed by atoms with Crippen molar-refractivity contribution in [3.63, 3.8) is 0 Å². The van der Waals surface area contributed by atoms with Gasteiger partial charge in [0.15, 0.2) is 5.76 Å². The van der Waals surface area contributed by atoms with Gasteiger partial charge in [0.2, 0.25) is 6.29 Å². The van der Waals surface area contributed by atoms with Gasteiger partial charge in [0.25, 0.3) is 11.8 Å². The van der Waals surface area contributed by atoms with Crippen molar-refractivity contribution in [2.75, 3.05) is 24.3 Å². The average Bonchev–Trinajstić information content (AvgIpc) is 3.44. The molecule has 4 aromatic rings. The molecule has 0 spiro atoms. The Morgan fingerprint density at radius 2 is 1.76 bits per heavy atom. The summed E-state index contributed by atoms with van der Waals surface area (Å²) in [4.78, 5) is 26.0. The van der Waals surface area contributed by atoms with Gasteiger partial charge < -0.3 is 35.4 Å². The summed E-state index contributed by atoms with van der Waals surface area (Å²) in [7, 11) is 0. The minimum Gasteiger partial charge on any atom is -0.464 e. The van der Waals surface area contributed by atoms with Crippen LogP contribution in [0.3, 0.4) is 0 Å². The Bertz CT molecular complexity index is 1560. The van der Waals surface area contributed by atoms with Crippen LogP contribution in [0.4, 0.5) is 11.4 Å². The smallest absolute Gasteiger partial charge is 0.286 e. The van der Waals surface area contributed by atoms with E-state index in [1.54, 1.807) is 54.8 Å². The molecule has 0 aliphatic carbocycles. The highest BCUT2D eigenvalue weighted by Crippen LogP contribution is 2.42. The molecule has 2 heterocycles. The van der Waals surface area contributed by atoms with Crippen LogP contribution in [0, 0.1) is 5.92 Å². The Labute approximate surface area is 244 Å². The number of hydrogen-bond acceptors (Lipinski definition) is 7. The number of nitrogen functional groups attached to an aromatic ring is 1. The van der Waals surface area contributed by atoms with E-state index in [1.807, 2.05) is 37.3 Å². The zero-order valence-electron chi connectivity index (χ0n) is 23.4. The average molecular weight is 570 g/mol. The van der Waals surface area contributed by atoms with Crippen LogP contribution in [0.25, 0.3) is 11.0 Å². The van der Waals surface area contributed by atoms with Crippen molar-refractivity contribution in [2.45, 2.75) is 38.5 Å². The Kier molecular flexibility index (Phi) is 9.21. The second kappa shape index (κ2) is 13.4. The summed E-state index contributed by atoms with van der Waals surface area (Å²) in [5.41, 5.74) is 9.94. The van der Waals surface area contributed by atoms with Gasteiger partial charge in [0.1, 0.15) is 5.58 Å². The van der Waals surface area contributed by atoms with Crippen molar-refractivity contribution >= 4 is 34.2 Å². The second-order valence-corrected chi connectivity index (χ2v) is 10.1. The molecule has 0 fully saturated rings. The normalized spacial score (nSPS) is 18.2. The first-order chi connectivity index (χ1) is 20.5. The molecule has 5 N–H and O–H groups in total. The number of carbonyl (C=O) groups excluding carboxylic acids is 2. The van der Waals surface area contributed by atoms with Crippen molar-refractivity contribution in [2.24, 2.45) is 5.92 Å². The van der Waals surface area contributed by atoms with Crippen LogP contribution in [0.1, 0.15) is 47.2 Å². The molecule has 218 valence electrons. The molecule has 3 atom stereocenters. The molecular weight excluding hydrogens is 534 g/mol. The zero-order chi connectivity index (χ0) is 29.5.